The van der Waals surface area contributed by atoms with Crippen LogP contribution in [0, 0.1) is 6.92 Å². The summed E-state index contributed by atoms with van der Waals surface area (Å²) in [5.74, 6) is 0. The molecule has 0 bridgehead atoms. The van der Waals surface area contributed by atoms with Crippen LogP contribution >= 0.6 is 11.6 Å². The molecule has 2 rings (SSSR count). The van der Waals surface area contributed by atoms with E-state index < -0.39 is 0 Å². The quantitative estimate of drug-likeness (QED) is 0.821. The topological polar surface area (TPSA) is 12.0 Å². The molecule has 0 amide bonds. The van der Waals surface area contributed by atoms with Gasteiger partial charge in [-0.1, -0.05) is 53.6 Å². The average Bonchev–Trinajstić information content (AvgIpc) is 2.39. The van der Waals surface area contributed by atoms with Gasteiger partial charge in [0.1, 0.15) is 0 Å². The SMILES string of the molecule is Cc1ccc([C@H](C)NC(C)c2cccc(Cl)c2)cc1. The van der Waals surface area contributed by atoms with Crippen molar-refractivity contribution in [2.24, 2.45) is 0 Å². The Kier molecular flexibility index (Phi) is 4.62. The van der Waals surface area contributed by atoms with Crippen LogP contribution in [0.15, 0.2) is 48.5 Å². The molecule has 2 aromatic carbocycles. The van der Waals surface area contributed by atoms with E-state index in [4.69, 9.17) is 11.6 Å². The van der Waals surface area contributed by atoms with Gasteiger partial charge in [-0.25, -0.2) is 0 Å². The van der Waals surface area contributed by atoms with Crippen LogP contribution in [0.25, 0.3) is 0 Å². The van der Waals surface area contributed by atoms with E-state index >= 15 is 0 Å². The lowest BCUT2D eigenvalue weighted by atomic mass is 10.0. The summed E-state index contributed by atoms with van der Waals surface area (Å²) in [7, 11) is 0. The molecule has 0 aromatic heterocycles. The van der Waals surface area contributed by atoms with Crippen LogP contribution in [-0.4, -0.2) is 0 Å². The second-order valence-corrected chi connectivity index (χ2v) is 5.51. The molecular weight excluding hydrogens is 254 g/mol. The predicted octanol–water partition coefficient (Wildman–Crippen LogP) is 5.06. The number of nitrogens with one attached hydrogen (secondary N) is 1. The van der Waals surface area contributed by atoms with Crippen LogP contribution in [0.1, 0.15) is 42.6 Å². The molecule has 1 nitrogen and oxygen atoms in total. The summed E-state index contributed by atoms with van der Waals surface area (Å²) in [6.45, 7) is 6.46. The van der Waals surface area contributed by atoms with Crippen molar-refractivity contribution in [2.45, 2.75) is 32.9 Å². The molecule has 0 saturated carbocycles. The Morgan fingerprint density at radius 3 is 2.16 bits per heavy atom. The lowest BCUT2D eigenvalue weighted by molar-refractivity contribution is 0.494. The van der Waals surface area contributed by atoms with Crippen molar-refractivity contribution in [3.8, 4) is 0 Å². The summed E-state index contributed by atoms with van der Waals surface area (Å²) < 4.78 is 0. The van der Waals surface area contributed by atoms with Gasteiger partial charge < -0.3 is 5.32 Å². The smallest absolute Gasteiger partial charge is 0.0409 e. The maximum atomic E-state index is 6.03. The third-order valence-corrected chi connectivity index (χ3v) is 3.66. The fraction of sp³-hybridized carbons (Fsp3) is 0.294. The van der Waals surface area contributed by atoms with Crippen LogP contribution in [0.2, 0.25) is 5.02 Å². The summed E-state index contributed by atoms with van der Waals surface area (Å²) >= 11 is 6.03. The monoisotopic (exact) mass is 273 g/mol. The fourth-order valence-electron chi connectivity index (χ4n) is 2.20. The standard InChI is InChI=1S/C17H20ClN/c1-12-7-9-15(10-8-12)13(2)19-14(3)16-5-4-6-17(18)11-16/h4-11,13-14,19H,1-3H3/t13-,14?/m0/s1. The van der Waals surface area contributed by atoms with Gasteiger partial charge in [0.15, 0.2) is 0 Å². The second kappa shape index (κ2) is 6.23. The number of benzene rings is 2. The van der Waals surface area contributed by atoms with Crippen molar-refractivity contribution >= 4 is 11.6 Å². The lowest BCUT2D eigenvalue weighted by Gasteiger charge is -2.21. The minimum Gasteiger partial charge on any atom is -0.304 e. The molecule has 0 spiro atoms. The fourth-order valence-corrected chi connectivity index (χ4v) is 2.40. The van der Waals surface area contributed by atoms with Crippen LogP contribution in [0.5, 0.6) is 0 Å². The van der Waals surface area contributed by atoms with E-state index in [1.807, 2.05) is 18.2 Å². The van der Waals surface area contributed by atoms with Crippen LogP contribution in [-0.2, 0) is 0 Å². The molecule has 0 aliphatic heterocycles. The van der Waals surface area contributed by atoms with Gasteiger partial charge in [0.05, 0.1) is 0 Å². The van der Waals surface area contributed by atoms with Crippen molar-refractivity contribution < 1.29 is 0 Å². The molecule has 1 unspecified atom stereocenters. The van der Waals surface area contributed by atoms with Crippen LogP contribution in [0.3, 0.4) is 0 Å². The Hall–Kier alpha value is -1.31. The highest BCUT2D eigenvalue weighted by atomic mass is 35.5. The molecule has 2 aromatic rings. The first-order valence-electron chi connectivity index (χ1n) is 6.64. The van der Waals surface area contributed by atoms with Crippen molar-refractivity contribution in [3.63, 3.8) is 0 Å². The molecule has 2 heteroatoms. The summed E-state index contributed by atoms with van der Waals surface area (Å²) in [5, 5.41) is 4.39. The van der Waals surface area contributed by atoms with E-state index in [-0.39, 0.29) is 6.04 Å². The van der Waals surface area contributed by atoms with E-state index in [2.05, 4.69) is 56.4 Å². The average molecular weight is 274 g/mol. The van der Waals surface area contributed by atoms with Crippen molar-refractivity contribution in [1.29, 1.82) is 0 Å². The first kappa shape index (κ1) is 14.1. The maximum absolute atomic E-state index is 6.03. The number of hydrogen-bond acceptors (Lipinski definition) is 1. The Morgan fingerprint density at radius 1 is 0.895 bits per heavy atom. The molecule has 19 heavy (non-hydrogen) atoms. The Morgan fingerprint density at radius 2 is 1.53 bits per heavy atom. The highest BCUT2D eigenvalue weighted by Gasteiger charge is 2.11. The van der Waals surface area contributed by atoms with Gasteiger partial charge in [-0.15, -0.1) is 0 Å². The number of hydrogen-bond donors (Lipinski definition) is 1. The Labute approximate surface area is 120 Å². The molecule has 0 saturated heterocycles. The van der Waals surface area contributed by atoms with E-state index in [0.29, 0.717) is 6.04 Å². The minimum absolute atomic E-state index is 0.273. The third-order valence-electron chi connectivity index (χ3n) is 3.43. The van der Waals surface area contributed by atoms with Crippen LogP contribution < -0.4 is 5.32 Å². The van der Waals surface area contributed by atoms with Gasteiger partial charge in [0.25, 0.3) is 0 Å². The molecular formula is C17H20ClN. The number of aryl methyl sites for hydroxylation is 1. The van der Waals surface area contributed by atoms with Crippen molar-refractivity contribution in [3.05, 3.63) is 70.2 Å². The van der Waals surface area contributed by atoms with Gasteiger partial charge in [-0.3, -0.25) is 0 Å². The van der Waals surface area contributed by atoms with Crippen LogP contribution in [0.4, 0.5) is 0 Å². The van der Waals surface area contributed by atoms with Crippen molar-refractivity contribution in [2.75, 3.05) is 0 Å². The van der Waals surface area contributed by atoms with Gasteiger partial charge in [-0.05, 0) is 44.0 Å². The highest BCUT2D eigenvalue weighted by molar-refractivity contribution is 6.30. The third kappa shape index (κ3) is 3.82. The molecule has 0 heterocycles. The summed E-state index contributed by atoms with van der Waals surface area (Å²) in [5.41, 5.74) is 3.81. The molecule has 2 atom stereocenters. The predicted molar refractivity (Wildman–Crippen MR) is 82.6 cm³/mol. The molecule has 0 radical (unpaired) electrons. The van der Waals surface area contributed by atoms with E-state index in [9.17, 15) is 0 Å². The Bertz CT molecular complexity index is 533. The maximum Gasteiger partial charge on any atom is 0.0409 e. The first-order valence-corrected chi connectivity index (χ1v) is 7.02. The number of halogens is 1. The molecule has 1 N–H and O–H groups in total. The Balaban J connectivity index is 2.06. The zero-order chi connectivity index (χ0) is 13.8. The van der Waals surface area contributed by atoms with Gasteiger partial charge in [-0.2, -0.15) is 0 Å². The van der Waals surface area contributed by atoms with Gasteiger partial charge in [0.2, 0.25) is 0 Å². The lowest BCUT2D eigenvalue weighted by Crippen LogP contribution is -2.22. The normalized spacial score (nSPS) is 14.1. The molecule has 0 aliphatic carbocycles. The van der Waals surface area contributed by atoms with Gasteiger partial charge >= 0.3 is 0 Å². The largest absolute Gasteiger partial charge is 0.304 e. The molecule has 100 valence electrons. The summed E-state index contributed by atoms with van der Waals surface area (Å²) in [4.78, 5) is 0. The number of rotatable bonds is 4. The zero-order valence-electron chi connectivity index (χ0n) is 11.7. The van der Waals surface area contributed by atoms with E-state index in [1.165, 1.54) is 16.7 Å². The molecule has 0 fully saturated rings. The van der Waals surface area contributed by atoms with Crippen molar-refractivity contribution in [1.82, 2.24) is 5.32 Å². The second-order valence-electron chi connectivity index (χ2n) is 5.08. The summed E-state index contributed by atoms with van der Waals surface area (Å²) in [6, 6.07) is 17.3. The van der Waals surface area contributed by atoms with E-state index in [1.54, 1.807) is 0 Å². The zero-order valence-corrected chi connectivity index (χ0v) is 12.4. The minimum atomic E-state index is 0.273. The first-order chi connectivity index (χ1) is 9.06. The molecule has 0 aliphatic rings. The van der Waals surface area contributed by atoms with E-state index in [0.717, 1.165) is 5.02 Å². The highest BCUT2D eigenvalue weighted by Crippen LogP contribution is 2.21. The summed E-state index contributed by atoms with van der Waals surface area (Å²) in [6.07, 6.45) is 0. The van der Waals surface area contributed by atoms with Gasteiger partial charge in [0, 0.05) is 17.1 Å².